The van der Waals surface area contributed by atoms with Crippen molar-refractivity contribution in [3.05, 3.63) is 47.0 Å². The number of methoxy groups -OCH3 is 2. The van der Waals surface area contributed by atoms with E-state index in [4.69, 9.17) is 26.8 Å². The monoisotopic (exact) mass is 391 g/mol. The average molecular weight is 392 g/mol. The Morgan fingerprint density at radius 3 is 2.56 bits per heavy atom. The molecule has 7 nitrogen and oxygen atoms in total. The molecule has 0 unspecified atom stereocenters. The van der Waals surface area contributed by atoms with E-state index in [-0.39, 0.29) is 28.9 Å². The number of amides is 2. The molecule has 0 aliphatic heterocycles. The van der Waals surface area contributed by atoms with Gasteiger partial charge in [0.05, 0.1) is 30.5 Å². The Hall–Kier alpha value is -2.93. The summed E-state index contributed by atoms with van der Waals surface area (Å²) in [5.74, 6) is 0.210. The topological polar surface area (TPSA) is 93.9 Å². The highest BCUT2D eigenvalue weighted by Crippen LogP contribution is 2.29. The van der Waals surface area contributed by atoms with Crippen molar-refractivity contribution in [3.8, 4) is 11.5 Å². The Kier molecular flexibility index (Phi) is 6.90. The highest BCUT2D eigenvalue weighted by Gasteiger charge is 2.22. The second-order valence-corrected chi connectivity index (χ2v) is 6.08. The van der Waals surface area contributed by atoms with Gasteiger partial charge in [0.15, 0.2) is 0 Å². The number of anilines is 2. The van der Waals surface area contributed by atoms with Crippen LogP contribution in [-0.2, 0) is 4.79 Å². The van der Waals surface area contributed by atoms with Crippen molar-refractivity contribution in [1.29, 1.82) is 0 Å². The van der Waals surface area contributed by atoms with E-state index in [1.165, 1.54) is 24.1 Å². The van der Waals surface area contributed by atoms with Gasteiger partial charge >= 0.3 is 0 Å². The molecule has 2 rings (SSSR count). The number of likely N-dealkylation sites (N-methyl/N-ethyl adjacent to an activating group) is 1. The lowest BCUT2D eigenvalue weighted by atomic mass is 10.1. The largest absolute Gasteiger partial charge is 0.497 e. The van der Waals surface area contributed by atoms with Gasteiger partial charge in [0.1, 0.15) is 18.0 Å². The first-order chi connectivity index (χ1) is 12.9. The molecule has 0 fully saturated rings. The number of benzene rings is 2. The fourth-order valence-electron chi connectivity index (χ4n) is 2.48. The fraction of sp³-hybridized carbons (Fsp3) is 0.263. The minimum absolute atomic E-state index is 0.127. The molecule has 0 aromatic heterocycles. The van der Waals surface area contributed by atoms with Gasteiger partial charge in [-0.05, 0) is 25.1 Å². The lowest BCUT2D eigenvalue weighted by Gasteiger charge is -2.22. The second kappa shape index (κ2) is 9.14. The zero-order valence-electron chi connectivity index (χ0n) is 15.4. The molecule has 0 bridgehead atoms. The molecule has 0 atom stereocenters. The SMILES string of the molecule is CCN(CC(=O)Nc1cccc(OC)c1)C(=O)c1cc(Cl)c(N)cc1OC. The molecule has 3 N–H and O–H groups in total. The molecule has 0 radical (unpaired) electrons. The zero-order chi connectivity index (χ0) is 20.0. The summed E-state index contributed by atoms with van der Waals surface area (Å²) in [7, 11) is 2.98. The molecule has 0 saturated carbocycles. The van der Waals surface area contributed by atoms with E-state index in [2.05, 4.69) is 5.32 Å². The number of hydrogen-bond acceptors (Lipinski definition) is 5. The van der Waals surface area contributed by atoms with Gasteiger partial charge in [-0.15, -0.1) is 0 Å². The van der Waals surface area contributed by atoms with Gasteiger partial charge in [-0.1, -0.05) is 17.7 Å². The summed E-state index contributed by atoms with van der Waals surface area (Å²) in [5, 5.41) is 2.99. The Balaban J connectivity index is 2.15. The molecule has 27 heavy (non-hydrogen) atoms. The standard InChI is InChI=1S/C19H22ClN3O4/c1-4-23(11-18(24)22-12-6-5-7-13(8-12)26-2)19(25)14-9-15(20)16(21)10-17(14)27-3/h5-10H,4,11,21H2,1-3H3,(H,22,24). The van der Waals surface area contributed by atoms with E-state index in [9.17, 15) is 9.59 Å². The zero-order valence-corrected chi connectivity index (χ0v) is 16.2. The van der Waals surface area contributed by atoms with Crippen molar-refractivity contribution in [1.82, 2.24) is 4.90 Å². The predicted octanol–water partition coefficient (Wildman–Crippen LogP) is 3.04. The molecule has 2 aromatic carbocycles. The number of carbonyl (C=O) groups is 2. The summed E-state index contributed by atoms with van der Waals surface area (Å²) < 4.78 is 10.4. The van der Waals surface area contributed by atoms with Crippen molar-refractivity contribution < 1.29 is 19.1 Å². The second-order valence-electron chi connectivity index (χ2n) is 5.67. The first-order valence-electron chi connectivity index (χ1n) is 8.25. The number of ether oxygens (including phenoxy) is 2. The Morgan fingerprint density at radius 2 is 1.93 bits per heavy atom. The maximum absolute atomic E-state index is 12.9. The Morgan fingerprint density at radius 1 is 1.19 bits per heavy atom. The van der Waals surface area contributed by atoms with Crippen LogP contribution in [0.3, 0.4) is 0 Å². The van der Waals surface area contributed by atoms with Gasteiger partial charge in [-0.3, -0.25) is 9.59 Å². The van der Waals surface area contributed by atoms with Crippen molar-refractivity contribution in [2.45, 2.75) is 6.92 Å². The average Bonchev–Trinajstić information content (AvgIpc) is 2.67. The van der Waals surface area contributed by atoms with Crippen LogP contribution < -0.4 is 20.5 Å². The van der Waals surface area contributed by atoms with Crippen LogP contribution in [0.15, 0.2) is 36.4 Å². The first-order valence-corrected chi connectivity index (χ1v) is 8.63. The van der Waals surface area contributed by atoms with Crippen molar-refractivity contribution >= 4 is 34.8 Å². The molecule has 0 aliphatic carbocycles. The number of nitrogens with two attached hydrogens (primary N) is 1. The van der Waals surface area contributed by atoms with Gasteiger partial charge in [0, 0.05) is 24.4 Å². The molecule has 144 valence electrons. The van der Waals surface area contributed by atoms with Gasteiger partial charge in [-0.2, -0.15) is 0 Å². The minimum Gasteiger partial charge on any atom is -0.497 e. The van der Waals surface area contributed by atoms with Crippen LogP contribution in [0.1, 0.15) is 17.3 Å². The molecule has 0 spiro atoms. The quantitative estimate of drug-likeness (QED) is 0.707. The number of carbonyl (C=O) groups excluding carboxylic acids is 2. The number of nitrogens with zero attached hydrogens (tertiary/aromatic N) is 1. The Labute approximate surface area is 163 Å². The minimum atomic E-state index is -0.378. The third kappa shape index (κ3) is 5.04. The van der Waals surface area contributed by atoms with Gasteiger partial charge in [0.2, 0.25) is 5.91 Å². The van der Waals surface area contributed by atoms with Crippen LogP contribution in [0.4, 0.5) is 11.4 Å². The molecule has 0 heterocycles. The van der Waals surface area contributed by atoms with E-state index in [0.29, 0.717) is 29.4 Å². The normalized spacial score (nSPS) is 10.2. The molecule has 2 amide bonds. The molecule has 2 aromatic rings. The summed E-state index contributed by atoms with van der Waals surface area (Å²) in [6.45, 7) is 1.98. The molecule has 8 heteroatoms. The summed E-state index contributed by atoms with van der Waals surface area (Å²) >= 11 is 6.03. The molecular formula is C19H22ClN3O4. The van der Waals surface area contributed by atoms with Crippen LogP contribution in [0.2, 0.25) is 5.02 Å². The van der Waals surface area contributed by atoms with Crippen LogP contribution in [0.25, 0.3) is 0 Å². The van der Waals surface area contributed by atoms with E-state index in [0.717, 1.165) is 0 Å². The number of rotatable bonds is 7. The van der Waals surface area contributed by atoms with Crippen LogP contribution in [-0.4, -0.2) is 44.0 Å². The molecule has 0 aliphatic rings. The number of nitrogen functional groups attached to an aromatic ring is 1. The van der Waals surface area contributed by atoms with Crippen LogP contribution in [0.5, 0.6) is 11.5 Å². The lowest BCUT2D eigenvalue weighted by Crippen LogP contribution is -2.38. The van der Waals surface area contributed by atoms with Crippen LogP contribution >= 0.6 is 11.6 Å². The van der Waals surface area contributed by atoms with Crippen molar-refractivity contribution in [3.63, 3.8) is 0 Å². The number of hydrogen-bond donors (Lipinski definition) is 2. The van der Waals surface area contributed by atoms with Crippen LogP contribution in [0, 0.1) is 0 Å². The van der Waals surface area contributed by atoms with Gasteiger partial charge < -0.3 is 25.4 Å². The summed E-state index contributed by atoms with van der Waals surface area (Å²) in [4.78, 5) is 26.6. The maximum Gasteiger partial charge on any atom is 0.258 e. The van der Waals surface area contributed by atoms with E-state index < -0.39 is 0 Å². The Bertz CT molecular complexity index is 842. The predicted molar refractivity (Wildman–Crippen MR) is 106 cm³/mol. The van der Waals surface area contributed by atoms with Gasteiger partial charge in [-0.25, -0.2) is 0 Å². The molecule has 0 saturated heterocycles. The summed E-state index contributed by atoms with van der Waals surface area (Å²) in [5.41, 5.74) is 6.88. The third-order valence-corrected chi connectivity index (χ3v) is 4.23. The maximum atomic E-state index is 12.9. The highest BCUT2D eigenvalue weighted by molar-refractivity contribution is 6.33. The summed E-state index contributed by atoms with van der Waals surface area (Å²) in [6.07, 6.45) is 0. The van der Waals surface area contributed by atoms with E-state index in [1.807, 2.05) is 0 Å². The number of nitrogens with one attached hydrogen (secondary N) is 1. The summed E-state index contributed by atoms with van der Waals surface area (Å²) in [6, 6.07) is 9.90. The van der Waals surface area contributed by atoms with E-state index >= 15 is 0 Å². The third-order valence-electron chi connectivity index (χ3n) is 3.91. The van der Waals surface area contributed by atoms with Crippen molar-refractivity contribution in [2.75, 3.05) is 38.4 Å². The molecular weight excluding hydrogens is 370 g/mol. The number of halogens is 1. The smallest absolute Gasteiger partial charge is 0.258 e. The highest BCUT2D eigenvalue weighted by atomic mass is 35.5. The lowest BCUT2D eigenvalue weighted by molar-refractivity contribution is -0.116. The first kappa shape index (κ1) is 20.4. The fourth-order valence-corrected chi connectivity index (χ4v) is 2.64. The van der Waals surface area contributed by atoms with Gasteiger partial charge in [0.25, 0.3) is 5.91 Å². The van der Waals surface area contributed by atoms with E-state index in [1.54, 1.807) is 38.3 Å². The van der Waals surface area contributed by atoms with Crippen molar-refractivity contribution in [2.24, 2.45) is 0 Å².